The Morgan fingerprint density at radius 3 is 2.45 bits per heavy atom. The summed E-state index contributed by atoms with van der Waals surface area (Å²) < 4.78 is 5.80. The largest absolute Gasteiger partial charge is 0.491 e. The molecular formula is C23H32N6O2. The maximum Gasteiger partial charge on any atom is 0.276 e. The van der Waals surface area contributed by atoms with Crippen molar-refractivity contribution in [1.29, 1.82) is 0 Å². The summed E-state index contributed by atoms with van der Waals surface area (Å²) in [7, 11) is 3.98. The summed E-state index contributed by atoms with van der Waals surface area (Å²) in [4.78, 5) is 33.2. The van der Waals surface area contributed by atoms with Crippen LogP contribution in [0.25, 0.3) is 0 Å². The lowest BCUT2D eigenvalue weighted by molar-refractivity contribution is 0.0771. The molecule has 166 valence electrons. The van der Waals surface area contributed by atoms with Crippen molar-refractivity contribution >= 4 is 17.5 Å². The molecule has 0 aliphatic carbocycles. The molecule has 2 fully saturated rings. The number of hydrogen-bond acceptors (Lipinski definition) is 7. The van der Waals surface area contributed by atoms with E-state index in [0.717, 1.165) is 55.8 Å². The second-order valence-electron chi connectivity index (χ2n) is 8.81. The van der Waals surface area contributed by atoms with Gasteiger partial charge < -0.3 is 19.4 Å². The van der Waals surface area contributed by atoms with Crippen LogP contribution in [0.1, 0.15) is 35.4 Å². The molecule has 1 amide bonds. The van der Waals surface area contributed by atoms with Crippen molar-refractivity contribution in [2.24, 2.45) is 11.8 Å². The summed E-state index contributed by atoms with van der Waals surface area (Å²) in [6.07, 6.45) is 0.892. The van der Waals surface area contributed by atoms with Crippen LogP contribution < -0.4 is 14.5 Å². The topological polar surface area (TPSA) is 74.7 Å². The summed E-state index contributed by atoms with van der Waals surface area (Å²) in [6, 6.07) is 5.80. The Morgan fingerprint density at radius 2 is 1.81 bits per heavy atom. The number of likely N-dealkylation sites (tertiary alicyclic amines) is 1. The van der Waals surface area contributed by atoms with E-state index >= 15 is 0 Å². The number of ether oxygens (including phenoxy) is 1. The molecule has 2 unspecified atom stereocenters. The lowest BCUT2D eigenvalue weighted by Crippen LogP contribution is -2.34. The van der Waals surface area contributed by atoms with Crippen molar-refractivity contribution in [3.05, 3.63) is 35.4 Å². The van der Waals surface area contributed by atoms with Crippen LogP contribution in [0.2, 0.25) is 0 Å². The number of fused-ring (bicyclic) bond motifs is 1. The van der Waals surface area contributed by atoms with Gasteiger partial charge in [-0.05, 0) is 32.4 Å². The Kier molecular flexibility index (Phi) is 5.98. The summed E-state index contributed by atoms with van der Waals surface area (Å²) in [6.45, 7) is 9.76. The number of rotatable bonds is 6. The third-order valence-corrected chi connectivity index (χ3v) is 6.03. The van der Waals surface area contributed by atoms with E-state index in [-0.39, 0.29) is 5.91 Å². The van der Waals surface area contributed by atoms with Crippen LogP contribution in [0, 0.1) is 25.7 Å². The molecule has 0 radical (unpaired) electrons. The zero-order valence-electron chi connectivity index (χ0n) is 19.1. The summed E-state index contributed by atoms with van der Waals surface area (Å²) in [5, 5.41) is 0. The van der Waals surface area contributed by atoms with Gasteiger partial charge in [0.2, 0.25) is 0 Å². The first-order valence-electron chi connectivity index (χ1n) is 11.0. The average Bonchev–Trinajstić information content (AvgIpc) is 3.31. The van der Waals surface area contributed by atoms with Gasteiger partial charge in [0.1, 0.15) is 17.5 Å². The molecule has 0 saturated carbocycles. The maximum atomic E-state index is 13.3. The van der Waals surface area contributed by atoms with Gasteiger partial charge in [0, 0.05) is 63.9 Å². The highest BCUT2D eigenvalue weighted by Crippen LogP contribution is 2.35. The predicted octanol–water partition coefficient (Wildman–Crippen LogP) is 2.55. The Morgan fingerprint density at radius 1 is 1.10 bits per heavy atom. The quantitative estimate of drug-likeness (QED) is 0.705. The van der Waals surface area contributed by atoms with Gasteiger partial charge >= 0.3 is 0 Å². The van der Waals surface area contributed by atoms with Crippen molar-refractivity contribution in [2.45, 2.75) is 27.2 Å². The molecule has 2 aromatic rings. The molecule has 0 aromatic carbocycles. The number of anilines is 2. The first kappa shape index (κ1) is 21.3. The molecule has 0 bridgehead atoms. The predicted molar refractivity (Wildman–Crippen MR) is 121 cm³/mol. The van der Waals surface area contributed by atoms with Crippen molar-refractivity contribution in [3.8, 4) is 5.75 Å². The first-order valence-corrected chi connectivity index (χ1v) is 11.0. The fraction of sp³-hybridized carbons (Fsp3) is 0.565. The van der Waals surface area contributed by atoms with Crippen LogP contribution in [0.3, 0.4) is 0 Å². The summed E-state index contributed by atoms with van der Waals surface area (Å²) in [5.41, 5.74) is 1.26. The minimum absolute atomic E-state index is 0.0245. The molecule has 8 nitrogen and oxygen atoms in total. The fourth-order valence-electron chi connectivity index (χ4n) is 4.45. The van der Waals surface area contributed by atoms with Gasteiger partial charge in [-0.1, -0.05) is 6.92 Å². The van der Waals surface area contributed by atoms with Crippen LogP contribution in [0.15, 0.2) is 18.2 Å². The highest BCUT2D eigenvalue weighted by molar-refractivity contribution is 5.95. The minimum Gasteiger partial charge on any atom is -0.491 e. The SMILES string of the molecule is CCCOc1ccc(C)nc1C(=O)N1CC2CN(c3cc(N(C)C)nc(C)n3)CC2C1. The van der Waals surface area contributed by atoms with Gasteiger partial charge in [0.05, 0.1) is 6.61 Å². The molecule has 2 aliphatic heterocycles. The third kappa shape index (κ3) is 4.43. The van der Waals surface area contributed by atoms with E-state index < -0.39 is 0 Å². The molecule has 2 saturated heterocycles. The standard InChI is InChI=1S/C23H32N6O2/c1-6-9-31-19-8-7-15(2)24-22(19)23(30)29-13-17-11-28(12-18(17)14-29)21-10-20(27(4)5)25-16(3)26-21/h7-8,10,17-18H,6,9,11-14H2,1-5H3. The van der Waals surface area contributed by atoms with Crippen LogP contribution in [0.4, 0.5) is 11.6 Å². The van der Waals surface area contributed by atoms with E-state index in [2.05, 4.69) is 26.8 Å². The lowest BCUT2D eigenvalue weighted by Gasteiger charge is -2.24. The van der Waals surface area contributed by atoms with Crippen molar-refractivity contribution in [2.75, 3.05) is 56.7 Å². The van der Waals surface area contributed by atoms with Gasteiger partial charge in [0.25, 0.3) is 5.91 Å². The van der Waals surface area contributed by atoms with E-state index in [4.69, 9.17) is 4.74 Å². The normalized spacial score (nSPS) is 20.2. The van der Waals surface area contributed by atoms with Crippen molar-refractivity contribution < 1.29 is 9.53 Å². The van der Waals surface area contributed by atoms with Crippen LogP contribution in [0.5, 0.6) is 5.75 Å². The number of aromatic nitrogens is 3. The average molecular weight is 425 g/mol. The van der Waals surface area contributed by atoms with Gasteiger partial charge in [0.15, 0.2) is 11.4 Å². The highest BCUT2D eigenvalue weighted by Gasteiger charge is 2.43. The molecule has 4 rings (SSSR count). The number of hydrogen-bond donors (Lipinski definition) is 0. The van der Waals surface area contributed by atoms with E-state index in [1.165, 1.54) is 0 Å². The van der Waals surface area contributed by atoms with Crippen LogP contribution in [-0.2, 0) is 0 Å². The van der Waals surface area contributed by atoms with Gasteiger partial charge in [-0.25, -0.2) is 15.0 Å². The van der Waals surface area contributed by atoms with E-state index in [1.807, 2.05) is 55.9 Å². The Bertz CT molecular complexity index is 949. The number of amides is 1. The summed E-state index contributed by atoms with van der Waals surface area (Å²) in [5.74, 6) is 4.10. The number of aryl methyl sites for hydroxylation is 2. The second kappa shape index (κ2) is 8.69. The monoisotopic (exact) mass is 424 g/mol. The molecule has 2 atom stereocenters. The molecule has 0 spiro atoms. The van der Waals surface area contributed by atoms with Gasteiger partial charge in [-0.3, -0.25) is 4.79 Å². The molecule has 8 heteroatoms. The molecular weight excluding hydrogens is 392 g/mol. The number of carbonyl (C=O) groups is 1. The number of nitrogens with zero attached hydrogens (tertiary/aromatic N) is 6. The maximum absolute atomic E-state index is 13.3. The molecule has 31 heavy (non-hydrogen) atoms. The molecule has 2 aliphatic rings. The zero-order valence-corrected chi connectivity index (χ0v) is 19.1. The molecule has 2 aromatic heterocycles. The first-order chi connectivity index (χ1) is 14.9. The molecule has 4 heterocycles. The van der Waals surface area contributed by atoms with Crippen molar-refractivity contribution in [3.63, 3.8) is 0 Å². The smallest absolute Gasteiger partial charge is 0.276 e. The van der Waals surface area contributed by atoms with Gasteiger partial charge in [-0.15, -0.1) is 0 Å². The van der Waals surface area contributed by atoms with Gasteiger partial charge in [-0.2, -0.15) is 0 Å². The Labute approximate surface area is 184 Å². The zero-order chi connectivity index (χ0) is 22.1. The second-order valence-corrected chi connectivity index (χ2v) is 8.81. The molecule has 0 N–H and O–H groups in total. The van der Waals surface area contributed by atoms with E-state index in [1.54, 1.807) is 0 Å². The van der Waals surface area contributed by atoms with Crippen LogP contribution >= 0.6 is 0 Å². The van der Waals surface area contributed by atoms with Crippen LogP contribution in [-0.4, -0.2) is 72.6 Å². The fourth-order valence-corrected chi connectivity index (χ4v) is 4.45. The Balaban J connectivity index is 1.46. The highest BCUT2D eigenvalue weighted by atomic mass is 16.5. The van der Waals surface area contributed by atoms with E-state index in [0.29, 0.717) is 29.9 Å². The van der Waals surface area contributed by atoms with E-state index in [9.17, 15) is 4.79 Å². The number of carbonyl (C=O) groups excluding carboxylic acids is 1. The minimum atomic E-state index is -0.0245. The number of pyridine rings is 1. The van der Waals surface area contributed by atoms with Crippen molar-refractivity contribution in [1.82, 2.24) is 19.9 Å². The summed E-state index contributed by atoms with van der Waals surface area (Å²) >= 11 is 0. The Hall–Kier alpha value is -2.90. The third-order valence-electron chi connectivity index (χ3n) is 6.03. The lowest BCUT2D eigenvalue weighted by atomic mass is 10.0.